The second kappa shape index (κ2) is 6.71. The molecule has 1 heterocycles. The van der Waals surface area contributed by atoms with Crippen molar-refractivity contribution < 1.29 is 9.31 Å². The zero-order chi connectivity index (χ0) is 17.3. The van der Waals surface area contributed by atoms with Gasteiger partial charge in [0.1, 0.15) is 7.94 Å². The Morgan fingerprint density at radius 2 is 1.43 bits per heavy atom. The number of hydrogen-bond donors (Lipinski definition) is 0. The quantitative estimate of drug-likeness (QED) is 0.747. The maximum atomic E-state index is 6.49. The van der Waals surface area contributed by atoms with Crippen LogP contribution in [0.25, 0.3) is 0 Å². The first-order chi connectivity index (χ1) is 10.7. The van der Waals surface area contributed by atoms with Crippen LogP contribution in [0.2, 0.25) is 6.55 Å². The lowest BCUT2D eigenvalue weighted by atomic mass is 9.90. The summed E-state index contributed by atoms with van der Waals surface area (Å²) in [6.45, 7) is 17.4. The highest BCUT2D eigenvalue weighted by Gasteiger charge is 2.59. The van der Waals surface area contributed by atoms with Crippen LogP contribution in [0.15, 0.2) is 30.3 Å². The summed E-state index contributed by atoms with van der Waals surface area (Å²) in [5.41, 5.74) is -0.548. The molecular weight excluding hydrogens is 301 g/mol. The molecule has 1 fully saturated rings. The average molecular weight is 333 g/mol. The molecule has 0 amide bonds. The Bertz CT molecular complexity index is 503. The number of rotatable bonds is 6. The summed E-state index contributed by atoms with van der Waals surface area (Å²) in [6, 6.07) is 10.9. The molecule has 0 saturated carbocycles. The third-order valence-corrected chi connectivity index (χ3v) is 9.69. The summed E-state index contributed by atoms with van der Waals surface area (Å²) in [5.74, 6) is 0. The van der Waals surface area contributed by atoms with Crippen LogP contribution >= 0.6 is 0 Å². The van der Waals surface area contributed by atoms with Crippen LogP contribution in [0.3, 0.4) is 0 Å². The number of benzene rings is 1. The molecular formula is C18H32BNO2Si. The van der Waals surface area contributed by atoms with E-state index in [0.29, 0.717) is 0 Å². The van der Waals surface area contributed by atoms with Gasteiger partial charge in [0.05, 0.1) is 11.2 Å². The van der Waals surface area contributed by atoms with Crippen molar-refractivity contribution in [2.75, 3.05) is 19.3 Å². The molecule has 1 aromatic carbocycles. The summed E-state index contributed by atoms with van der Waals surface area (Å²) in [4.78, 5) is 2.50. The van der Waals surface area contributed by atoms with E-state index in [-0.39, 0.29) is 17.9 Å². The largest absolute Gasteiger partial charge is 0.440 e. The first-order valence-corrected chi connectivity index (χ1v) is 11.6. The Morgan fingerprint density at radius 3 is 1.87 bits per heavy atom. The molecule has 3 nitrogen and oxygen atoms in total. The first kappa shape index (κ1) is 18.7. The van der Waals surface area contributed by atoms with Crippen molar-refractivity contribution in [2.45, 2.75) is 59.3 Å². The van der Waals surface area contributed by atoms with E-state index in [0.717, 1.165) is 19.3 Å². The second-order valence-corrected chi connectivity index (χ2v) is 12.0. The molecule has 1 aromatic rings. The van der Waals surface area contributed by atoms with Crippen molar-refractivity contribution in [2.24, 2.45) is 0 Å². The fourth-order valence-electron chi connectivity index (χ4n) is 3.14. The van der Waals surface area contributed by atoms with Gasteiger partial charge in [-0.15, -0.1) is 0 Å². The number of hydrogen-bond acceptors (Lipinski definition) is 3. The van der Waals surface area contributed by atoms with E-state index in [1.54, 1.807) is 0 Å². The Morgan fingerprint density at radius 1 is 0.957 bits per heavy atom. The molecule has 0 N–H and O–H groups in total. The van der Waals surface area contributed by atoms with E-state index < -0.39 is 7.94 Å². The van der Waals surface area contributed by atoms with Gasteiger partial charge in [0.2, 0.25) is 0 Å². The summed E-state index contributed by atoms with van der Waals surface area (Å²) < 4.78 is 13.0. The minimum Gasteiger partial charge on any atom is -0.406 e. The normalized spacial score (nSPS) is 22.3. The first-order valence-electron chi connectivity index (χ1n) is 8.80. The Hall–Kier alpha value is -0.618. The Kier molecular flexibility index (Phi) is 5.46. The van der Waals surface area contributed by atoms with Gasteiger partial charge in [0.15, 0.2) is 0 Å². The molecule has 5 heteroatoms. The fourth-order valence-corrected chi connectivity index (χ4v) is 7.18. The van der Waals surface area contributed by atoms with Gasteiger partial charge in [-0.2, -0.15) is 0 Å². The minimum atomic E-state index is -1.99. The summed E-state index contributed by atoms with van der Waals surface area (Å²) in [6.07, 6.45) is 1.06. The molecule has 0 radical (unpaired) electrons. The molecule has 1 unspecified atom stereocenters. The molecule has 1 aliphatic rings. The van der Waals surface area contributed by atoms with Gasteiger partial charge in [0, 0.05) is 0 Å². The molecule has 1 saturated heterocycles. The average Bonchev–Trinajstić information content (AvgIpc) is 2.74. The zero-order valence-corrected chi connectivity index (χ0v) is 16.8. The highest BCUT2D eigenvalue weighted by atomic mass is 28.3. The SMILES string of the molecule is CCN(CC)C[Si](C)(B1OC(C)(C)C(C)(C)O1)c1ccccc1. The van der Waals surface area contributed by atoms with Crippen molar-refractivity contribution in [3.8, 4) is 0 Å². The van der Waals surface area contributed by atoms with Gasteiger partial charge in [-0.25, -0.2) is 0 Å². The van der Waals surface area contributed by atoms with E-state index in [1.807, 2.05) is 0 Å². The molecule has 0 aromatic heterocycles. The third kappa shape index (κ3) is 3.58. The van der Waals surface area contributed by atoms with Crippen LogP contribution in [0.1, 0.15) is 41.5 Å². The molecule has 1 atom stereocenters. The van der Waals surface area contributed by atoms with Gasteiger partial charge in [0.25, 0.3) is 0 Å². The topological polar surface area (TPSA) is 21.7 Å². The van der Waals surface area contributed by atoms with Gasteiger partial charge in [-0.05, 0) is 47.0 Å². The van der Waals surface area contributed by atoms with Crippen LogP contribution in [0.5, 0.6) is 0 Å². The van der Waals surface area contributed by atoms with E-state index in [9.17, 15) is 0 Å². The maximum absolute atomic E-state index is 6.49. The monoisotopic (exact) mass is 333 g/mol. The molecule has 0 aliphatic carbocycles. The summed E-state index contributed by atoms with van der Waals surface area (Å²) in [5, 5.41) is 1.41. The fraction of sp³-hybridized carbons (Fsp3) is 0.667. The van der Waals surface area contributed by atoms with E-state index in [1.165, 1.54) is 5.19 Å². The Labute approximate surface area is 143 Å². The summed E-state index contributed by atoms with van der Waals surface area (Å²) >= 11 is 0. The van der Waals surface area contributed by atoms with Gasteiger partial charge in [-0.3, -0.25) is 0 Å². The van der Waals surface area contributed by atoms with Crippen molar-refractivity contribution in [1.82, 2.24) is 4.90 Å². The molecule has 23 heavy (non-hydrogen) atoms. The highest BCUT2D eigenvalue weighted by molar-refractivity contribution is 7.34. The standard InChI is InChI=1S/C18H32BNO2Si/c1-8-20(9-2)15-23(7,16-13-11-10-12-14-16)19-21-17(3,4)18(5,6)22-19/h10-14H,8-9,15H2,1-7H3. The van der Waals surface area contributed by atoms with Gasteiger partial charge >= 0.3 is 6.71 Å². The third-order valence-electron chi connectivity index (χ3n) is 5.65. The van der Waals surface area contributed by atoms with Crippen molar-refractivity contribution in [3.05, 3.63) is 30.3 Å². The smallest absolute Gasteiger partial charge is 0.406 e. The van der Waals surface area contributed by atoms with E-state index in [2.05, 4.69) is 83.3 Å². The predicted octanol–water partition coefficient (Wildman–Crippen LogP) is 3.02. The minimum absolute atomic E-state index is 0.115. The zero-order valence-electron chi connectivity index (χ0n) is 15.8. The lowest BCUT2D eigenvalue weighted by molar-refractivity contribution is 0.00578. The van der Waals surface area contributed by atoms with E-state index in [4.69, 9.17) is 9.31 Å². The predicted molar refractivity (Wildman–Crippen MR) is 102 cm³/mol. The van der Waals surface area contributed by atoms with Crippen molar-refractivity contribution in [1.29, 1.82) is 0 Å². The van der Waals surface area contributed by atoms with Gasteiger partial charge < -0.3 is 14.2 Å². The van der Waals surface area contributed by atoms with Crippen molar-refractivity contribution >= 4 is 19.8 Å². The summed E-state index contributed by atoms with van der Waals surface area (Å²) in [7, 11) is -1.99. The van der Waals surface area contributed by atoms with Crippen LogP contribution in [-0.4, -0.2) is 50.0 Å². The Balaban J connectivity index is 2.39. The van der Waals surface area contributed by atoms with Crippen LogP contribution < -0.4 is 5.19 Å². The van der Waals surface area contributed by atoms with E-state index >= 15 is 0 Å². The molecule has 2 rings (SSSR count). The molecule has 0 spiro atoms. The molecule has 128 valence electrons. The van der Waals surface area contributed by atoms with Crippen molar-refractivity contribution in [3.63, 3.8) is 0 Å². The second-order valence-electron chi connectivity index (χ2n) is 7.83. The van der Waals surface area contributed by atoms with Crippen LogP contribution in [-0.2, 0) is 9.31 Å². The van der Waals surface area contributed by atoms with Crippen LogP contribution in [0.4, 0.5) is 0 Å². The lowest BCUT2D eigenvalue weighted by Gasteiger charge is -2.34. The van der Waals surface area contributed by atoms with Gasteiger partial charge in [-0.1, -0.05) is 55.9 Å². The maximum Gasteiger partial charge on any atom is 0.440 e. The highest BCUT2D eigenvalue weighted by Crippen LogP contribution is 2.39. The lowest BCUT2D eigenvalue weighted by Crippen LogP contribution is -2.66. The number of nitrogens with zero attached hydrogens (tertiary/aromatic N) is 1. The molecule has 0 bridgehead atoms. The van der Waals surface area contributed by atoms with Crippen LogP contribution in [0, 0.1) is 0 Å². The molecule has 1 aliphatic heterocycles.